The summed E-state index contributed by atoms with van der Waals surface area (Å²) >= 11 is 2.61. The molecule has 1 atom stereocenters. The zero-order chi connectivity index (χ0) is 29.3. The summed E-state index contributed by atoms with van der Waals surface area (Å²) in [6.45, 7) is 12.9. The van der Waals surface area contributed by atoms with E-state index in [1.807, 2.05) is 31.2 Å². The van der Waals surface area contributed by atoms with Crippen molar-refractivity contribution < 1.29 is 23.1 Å². The Balaban J connectivity index is 1.84. The lowest BCUT2D eigenvalue weighted by Crippen LogP contribution is -2.44. The van der Waals surface area contributed by atoms with Crippen molar-refractivity contribution in [1.29, 1.82) is 0 Å². The molecular weight excluding hydrogens is 573 g/mol. The normalized spacial score (nSPS) is 17.6. The van der Waals surface area contributed by atoms with Gasteiger partial charge in [-0.15, -0.1) is 10.2 Å². The number of carbonyl (C=O) groups is 1. The van der Waals surface area contributed by atoms with Gasteiger partial charge in [0.1, 0.15) is 32.3 Å². The van der Waals surface area contributed by atoms with E-state index in [4.69, 9.17) is 14.6 Å². The van der Waals surface area contributed by atoms with Gasteiger partial charge in [0.25, 0.3) is 0 Å². The third-order valence-corrected chi connectivity index (χ3v) is 13.7. The monoisotopic (exact) mass is 605 g/mol. The predicted molar refractivity (Wildman–Crippen MR) is 159 cm³/mol. The van der Waals surface area contributed by atoms with E-state index in [2.05, 4.69) is 49.4 Å². The van der Waals surface area contributed by atoms with Crippen LogP contribution in [0.5, 0.6) is 5.75 Å². The SMILES string of the molecule is Cc1nnc(N2N=C(c3cc(F)ccc3F)SC2(CCCNC(=O)O)c2cccc(O[Si](C)(C)C(C)(C)C)c2)s1. The molecule has 1 amide bonds. The van der Waals surface area contributed by atoms with Crippen LogP contribution < -0.4 is 14.8 Å². The molecule has 0 aliphatic carbocycles. The average molecular weight is 606 g/mol. The topological polar surface area (TPSA) is 99.9 Å². The number of hydrazone groups is 1. The minimum atomic E-state index is -2.17. The highest BCUT2D eigenvalue weighted by molar-refractivity contribution is 8.15. The van der Waals surface area contributed by atoms with Crippen LogP contribution in [0.25, 0.3) is 0 Å². The number of rotatable bonds is 9. The van der Waals surface area contributed by atoms with Gasteiger partial charge in [0.2, 0.25) is 13.4 Å². The van der Waals surface area contributed by atoms with E-state index in [1.165, 1.54) is 23.1 Å². The Morgan fingerprint density at radius 1 is 1.18 bits per heavy atom. The first-order valence-corrected chi connectivity index (χ1v) is 17.4. The molecule has 1 aliphatic heterocycles. The van der Waals surface area contributed by atoms with E-state index in [0.29, 0.717) is 23.7 Å². The van der Waals surface area contributed by atoms with Gasteiger partial charge in [0, 0.05) is 12.1 Å². The zero-order valence-corrected chi connectivity index (χ0v) is 25.9. The number of hydrogen-bond acceptors (Lipinski definition) is 8. The Hall–Kier alpha value is -3.03. The van der Waals surface area contributed by atoms with Crippen molar-refractivity contribution in [2.75, 3.05) is 11.6 Å². The van der Waals surface area contributed by atoms with Crippen molar-refractivity contribution in [3.8, 4) is 5.75 Å². The predicted octanol–water partition coefficient (Wildman–Crippen LogP) is 7.32. The molecule has 0 saturated heterocycles. The molecule has 1 unspecified atom stereocenters. The third-order valence-electron chi connectivity index (χ3n) is 7.09. The fraction of sp³-hybridized carbons (Fsp3) is 0.407. The second kappa shape index (κ2) is 11.5. The van der Waals surface area contributed by atoms with Crippen LogP contribution in [0.4, 0.5) is 18.7 Å². The van der Waals surface area contributed by atoms with Crippen LogP contribution in [0.3, 0.4) is 0 Å². The molecule has 8 nitrogen and oxygen atoms in total. The molecular formula is C27H33F2N5O3S2Si. The van der Waals surface area contributed by atoms with Crippen molar-refractivity contribution >= 4 is 47.7 Å². The van der Waals surface area contributed by atoms with Gasteiger partial charge >= 0.3 is 6.09 Å². The quantitative estimate of drug-likeness (QED) is 0.195. The summed E-state index contributed by atoms with van der Waals surface area (Å²) < 4.78 is 35.8. The number of thioether (sulfide) groups is 1. The highest BCUT2D eigenvalue weighted by atomic mass is 32.2. The summed E-state index contributed by atoms with van der Waals surface area (Å²) in [6, 6.07) is 11.0. The Labute approximate surface area is 242 Å². The molecule has 1 aliphatic rings. The van der Waals surface area contributed by atoms with E-state index in [9.17, 15) is 13.6 Å². The van der Waals surface area contributed by atoms with Crippen LogP contribution in [0.15, 0.2) is 47.6 Å². The van der Waals surface area contributed by atoms with Crippen LogP contribution in [0, 0.1) is 18.6 Å². The molecule has 0 radical (unpaired) electrons. The van der Waals surface area contributed by atoms with E-state index in [1.54, 1.807) is 5.01 Å². The molecule has 2 aromatic carbocycles. The van der Waals surface area contributed by atoms with E-state index >= 15 is 0 Å². The highest BCUT2D eigenvalue weighted by Gasteiger charge is 2.48. The largest absolute Gasteiger partial charge is 0.543 e. The second-order valence-electron chi connectivity index (χ2n) is 11.1. The fourth-order valence-corrected chi connectivity index (χ4v) is 7.20. The maximum absolute atomic E-state index is 15.0. The van der Waals surface area contributed by atoms with Gasteiger partial charge in [-0.1, -0.05) is 56.0 Å². The molecule has 0 spiro atoms. The van der Waals surface area contributed by atoms with Crippen molar-refractivity contribution in [3.63, 3.8) is 0 Å². The standard InChI is InChI=1S/C27H33F2N5O3S2Si/c1-17-31-32-24(38-17)34-27(13-8-14-30-25(35)36,39-23(33-34)21-16-19(28)11-12-22(21)29)18-9-7-10-20(15-18)37-40(5,6)26(2,3)4/h7,9-12,15-16,30H,8,13-14H2,1-6H3,(H,35,36). The summed E-state index contributed by atoms with van der Waals surface area (Å²) in [5.41, 5.74) is 0.850. The molecule has 4 rings (SSSR count). The van der Waals surface area contributed by atoms with Gasteiger partial charge in [-0.2, -0.15) is 5.10 Å². The summed E-state index contributed by atoms with van der Waals surface area (Å²) in [4.78, 5) is 10.2. The van der Waals surface area contributed by atoms with Crippen LogP contribution >= 0.6 is 23.1 Å². The molecule has 2 N–H and O–H groups in total. The average Bonchev–Trinajstić information content (AvgIpc) is 3.46. The van der Waals surface area contributed by atoms with Gasteiger partial charge in [-0.3, -0.25) is 0 Å². The lowest BCUT2D eigenvalue weighted by Gasteiger charge is -2.38. The van der Waals surface area contributed by atoms with Gasteiger partial charge in [-0.25, -0.2) is 18.6 Å². The molecule has 3 aromatic rings. The number of amides is 1. The fourth-order valence-electron chi connectivity index (χ4n) is 3.99. The lowest BCUT2D eigenvalue weighted by atomic mass is 10.00. The van der Waals surface area contributed by atoms with Gasteiger partial charge in [-0.05, 0) is 73.8 Å². The van der Waals surface area contributed by atoms with Gasteiger partial charge in [0.15, 0.2) is 0 Å². The molecule has 1 aromatic heterocycles. The number of anilines is 1. The zero-order valence-electron chi connectivity index (χ0n) is 23.3. The maximum Gasteiger partial charge on any atom is 0.404 e. The summed E-state index contributed by atoms with van der Waals surface area (Å²) in [7, 11) is -2.17. The number of carboxylic acid groups (broad SMARTS) is 1. The van der Waals surface area contributed by atoms with E-state index in [-0.39, 0.29) is 22.2 Å². The number of benzene rings is 2. The van der Waals surface area contributed by atoms with Crippen molar-refractivity contribution in [3.05, 3.63) is 70.2 Å². The molecule has 40 heavy (non-hydrogen) atoms. The molecule has 0 saturated carbocycles. The first-order valence-electron chi connectivity index (χ1n) is 12.8. The Bertz CT molecular complexity index is 1430. The third kappa shape index (κ3) is 6.31. The Morgan fingerprint density at radius 3 is 2.58 bits per heavy atom. The van der Waals surface area contributed by atoms with Crippen LogP contribution in [-0.2, 0) is 4.87 Å². The summed E-state index contributed by atoms with van der Waals surface area (Å²) in [5.74, 6) is -0.475. The molecule has 0 bridgehead atoms. The highest BCUT2D eigenvalue weighted by Crippen LogP contribution is 2.53. The first-order chi connectivity index (χ1) is 18.7. The lowest BCUT2D eigenvalue weighted by molar-refractivity contribution is 0.194. The maximum atomic E-state index is 15.0. The summed E-state index contributed by atoms with van der Waals surface area (Å²) in [5, 5.41) is 28.0. The van der Waals surface area contributed by atoms with Crippen molar-refractivity contribution in [2.45, 2.75) is 63.5 Å². The minimum absolute atomic E-state index is 0.0212. The molecule has 2 heterocycles. The number of nitrogens with one attached hydrogen (secondary N) is 1. The molecule has 214 valence electrons. The minimum Gasteiger partial charge on any atom is -0.543 e. The van der Waals surface area contributed by atoms with Gasteiger partial charge < -0.3 is 14.8 Å². The van der Waals surface area contributed by atoms with Crippen LogP contribution in [0.2, 0.25) is 18.1 Å². The smallest absolute Gasteiger partial charge is 0.404 e. The number of aryl methyl sites for hydroxylation is 1. The Morgan fingerprint density at radius 2 is 1.93 bits per heavy atom. The number of aromatic nitrogens is 2. The van der Waals surface area contributed by atoms with Crippen LogP contribution in [0.1, 0.15) is 49.7 Å². The molecule has 13 heteroatoms. The molecule has 0 fully saturated rings. The van der Waals surface area contributed by atoms with Crippen molar-refractivity contribution in [1.82, 2.24) is 15.5 Å². The number of hydrogen-bond donors (Lipinski definition) is 2. The Kier molecular flexibility index (Phi) is 8.57. The summed E-state index contributed by atoms with van der Waals surface area (Å²) in [6.07, 6.45) is -0.271. The second-order valence-corrected chi connectivity index (χ2v) is 18.2. The van der Waals surface area contributed by atoms with Crippen LogP contribution in [-0.4, -0.2) is 41.3 Å². The van der Waals surface area contributed by atoms with Gasteiger partial charge in [0.05, 0.1) is 0 Å². The number of halogens is 2. The van der Waals surface area contributed by atoms with Crippen molar-refractivity contribution in [2.24, 2.45) is 5.10 Å². The number of nitrogens with zero attached hydrogens (tertiary/aromatic N) is 4. The first kappa shape index (κ1) is 29.9. The van der Waals surface area contributed by atoms with E-state index < -0.39 is 30.9 Å². The van der Waals surface area contributed by atoms with E-state index in [0.717, 1.165) is 28.8 Å².